The lowest BCUT2D eigenvalue weighted by molar-refractivity contribution is -0.156. The molecular formula is C19H19F3N6. The van der Waals surface area contributed by atoms with Gasteiger partial charge in [0.2, 0.25) is 0 Å². The number of imidazole rings is 1. The van der Waals surface area contributed by atoms with Crippen LogP contribution in [0.3, 0.4) is 0 Å². The van der Waals surface area contributed by atoms with Crippen LogP contribution in [0.4, 0.5) is 13.2 Å². The summed E-state index contributed by atoms with van der Waals surface area (Å²) in [5.41, 5.74) is 11.1. The lowest BCUT2D eigenvalue weighted by Gasteiger charge is -2.21. The molecule has 0 spiro atoms. The lowest BCUT2D eigenvalue weighted by Crippen LogP contribution is -2.43. The topological polar surface area (TPSA) is 66.8 Å². The van der Waals surface area contributed by atoms with Gasteiger partial charge < -0.3 is 4.57 Å². The molecule has 6 nitrogen and oxygen atoms in total. The molecule has 2 atom stereocenters. The fraction of sp³-hybridized carbons (Fsp3) is 0.263. The highest BCUT2D eigenvalue weighted by Gasteiger charge is 2.48. The monoisotopic (exact) mass is 388 g/mol. The van der Waals surface area contributed by atoms with Crippen LogP contribution in [0.5, 0.6) is 0 Å². The average Bonchev–Trinajstić information content (AvgIpc) is 3.33. The Bertz CT molecular complexity index is 951. The first-order chi connectivity index (χ1) is 13.4. The van der Waals surface area contributed by atoms with Gasteiger partial charge in [0.15, 0.2) is 0 Å². The van der Waals surface area contributed by atoms with E-state index in [4.69, 9.17) is 0 Å². The number of alkyl halides is 3. The van der Waals surface area contributed by atoms with E-state index in [9.17, 15) is 13.2 Å². The van der Waals surface area contributed by atoms with Gasteiger partial charge in [0.05, 0.1) is 18.1 Å². The highest BCUT2D eigenvalue weighted by Crippen LogP contribution is 2.32. The second kappa shape index (κ2) is 7.34. The number of rotatable bonds is 4. The molecule has 1 aliphatic heterocycles. The molecule has 4 rings (SSSR count). The minimum absolute atomic E-state index is 0.470. The number of aryl methyl sites for hydroxylation is 1. The van der Waals surface area contributed by atoms with Crippen LogP contribution >= 0.6 is 0 Å². The van der Waals surface area contributed by atoms with Crippen molar-refractivity contribution in [1.82, 2.24) is 30.9 Å². The Hall–Kier alpha value is -2.75. The van der Waals surface area contributed by atoms with Crippen molar-refractivity contribution in [3.05, 3.63) is 71.8 Å². The molecule has 3 N–H and O–H groups in total. The predicted molar refractivity (Wildman–Crippen MR) is 97.7 cm³/mol. The summed E-state index contributed by atoms with van der Waals surface area (Å²) in [6, 6.07) is 8.70. The SMILES string of the molecule is Cc1ccc(Cn2cnc(-c3cc(C4NNNC4C(F)(F)F)ccn3)c2)cc1. The Morgan fingerprint density at radius 1 is 1.04 bits per heavy atom. The Morgan fingerprint density at radius 3 is 2.57 bits per heavy atom. The summed E-state index contributed by atoms with van der Waals surface area (Å²) in [6.07, 6.45) is 0.641. The molecule has 9 heteroatoms. The zero-order valence-electron chi connectivity index (χ0n) is 15.0. The summed E-state index contributed by atoms with van der Waals surface area (Å²) in [4.78, 5) is 8.64. The highest BCUT2D eigenvalue weighted by atomic mass is 19.4. The summed E-state index contributed by atoms with van der Waals surface area (Å²) in [5, 5.41) is 0. The Labute approximate surface area is 159 Å². The van der Waals surface area contributed by atoms with Gasteiger partial charge in [-0.25, -0.2) is 15.8 Å². The molecule has 146 valence electrons. The van der Waals surface area contributed by atoms with Crippen LogP contribution in [0.15, 0.2) is 55.1 Å². The van der Waals surface area contributed by atoms with Crippen LogP contribution in [0, 0.1) is 6.92 Å². The number of aromatic nitrogens is 3. The summed E-state index contributed by atoms with van der Waals surface area (Å²) in [6.45, 7) is 2.69. The van der Waals surface area contributed by atoms with Gasteiger partial charge in [-0.15, -0.1) is 0 Å². The molecule has 3 aromatic rings. The quantitative estimate of drug-likeness (QED) is 0.641. The van der Waals surface area contributed by atoms with E-state index in [1.807, 2.05) is 29.8 Å². The maximum absolute atomic E-state index is 13.2. The number of nitrogens with zero attached hydrogens (tertiary/aromatic N) is 3. The molecule has 1 saturated heterocycles. The fourth-order valence-electron chi connectivity index (χ4n) is 3.17. The number of benzene rings is 1. The molecular weight excluding hydrogens is 369 g/mol. The molecule has 1 aliphatic rings. The number of halogens is 3. The third kappa shape index (κ3) is 3.91. The summed E-state index contributed by atoms with van der Waals surface area (Å²) >= 11 is 0. The standard InChI is InChI=1S/C19H19F3N6/c1-12-2-4-13(5-3-12)9-28-10-16(24-11-28)15-8-14(6-7-23-15)17-18(19(20,21)22)26-27-25-17/h2-8,10-11,17-18,25-27H,9H2,1H3. The Balaban J connectivity index is 1.55. The molecule has 0 bridgehead atoms. The van der Waals surface area contributed by atoms with Crippen molar-refractivity contribution >= 4 is 0 Å². The predicted octanol–water partition coefficient (Wildman–Crippen LogP) is 2.89. The van der Waals surface area contributed by atoms with Crippen molar-refractivity contribution < 1.29 is 13.2 Å². The summed E-state index contributed by atoms with van der Waals surface area (Å²) in [5.74, 6) is 0. The normalized spacial score (nSPS) is 19.9. The smallest absolute Gasteiger partial charge is 0.332 e. The van der Waals surface area contributed by atoms with Gasteiger partial charge in [-0.1, -0.05) is 29.8 Å². The van der Waals surface area contributed by atoms with Crippen molar-refractivity contribution in [3.8, 4) is 11.4 Å². The molecule has 2 unspecified atom stereocenters. The van der Waals surface area contributed by atoms with Crippen LogP contribution < -0.4 is 16.4 Å². The first-order valence-electron chi connectivity index (χ1n) is 8.76. The van der Waals surface area contributed by atoms with E-state index >= 15 is 0 Å². The maximum Gasteiger partial charge on any atom is 0.407 e. The minimum Gasteiger partial charge on any atom is -0.332 e. The average molecular weight is 388 g/mol. The van der Waals surface area contributed by atoms with Crippen molar-refractivity contribution in [3.63, 3.8) is 0 Å². The van der Waals surface area contributed by atoms with Crippen molar-refractivity contribution in [1.29, 1.82) is 0 Å². The molecule has 1 aromatic carbocycles. The Kier molecular flexibility index (Phi) is 4.88. The lowest BCUT2D eigenvalue weighted by atomic mass is 10.0. The van der Waals surface area contributed by atoms with Gasteiger partial charge in [0.1, 0.15) is 11.7 Å². The summed E-state index contributed by atoms with van der Waals surface area (Å²) < 4.78 is 41.5. The van der Waals surface area contributed by atoms with Gasteiger partial charge >= 0.3 is 6.18 Å². The van der Waals surface area contributed by atoms with E-state index in [1.54, 1.807) is 18.5 Å². The molecule has 3 heterocycles. The molecule has 0 radical (unpaired) electrons. The second-order valence-electron chi connectivity index (χ2n) is 6.80. The minimum atomic E-state index is -4.39. The molecule has 2 aromatic heterocycles. The number of nitrogens with one attached hydrogen (secondary N) is 3. The fourth-order valence-corrected chi connectivity index (χ4v) is 3.17. The van der Waals surface area contributed by atoms with Crippen LogP contribution in [0.2, 0.25) is 0 Å². The molecule has 0 saturated carbocycles. The molecule has 0 aliphatic carbocycles. The maximum atomic E-state index is 13.2. The second-order valence-corrected chi connectivity index (χ2v) is 6.80. The van der Waals surface area contributed by atoms with Crippen molar-refractivity contribution in [2.75, 3.05) is 0 Å². The third-order valence-electron chi connectivity index (χ3n) is 4.67. The first kappa shape index (κ1) is 18.6. The van der Waals surface area contributed by atoms with E-state index in [2.05, 4.69) is 38.5 Å². The number of hydrogen-bond acceptors (Lipinski definition) is 5. The molecule has 0 amide bonds. The highest BCUT2D eigenvalue weighted by molar-refractivity contribution is 5.54. The first-order valence-corrected chi connectivity index (χ1v) is 8.76. The number of pyridine rings is 1. The zero-order valence-corrected chi connectivity index (χ0v) is 15.0. The molecule has 1 fully saturated rings. The van der Waals surface area contributed by atoms with E-state index in [-0.39, 0.29) is 0 Å². The zero-order chi connectivity index (χ0) is 19.7. The molecule has 28 heavy (non-hydrogen) atoms. The van der Waals surface area contributed by atoms with Crippen LogP contribution in [0.1, 0.15) is 22.7 Å². The van der Waals surface area contributed by atoms with Gasteiger partial charge in [0.25, 0.3) is 0 Å². The van der Waals surface area contributed by atoms with E-state index < -0.39 is 18.3 Å². The van der Waals surface area contributed by atoms with Gasteiger partial charge in [-0.05, 0) is 30.2 Å². The number of hydrogen-bond donors (Lipinski definition) is 3. The van der Waals surface area contributed by atoms with E-state index in [0.717, 1.165) is 5.56 Å². The largest absolute Gasteiger partial charge is 0.407 e. The van der Waals surface area contributed by atoms with Crippen molar-refractivity contribution in [2.45, 2.75) is 31.7 Å². The van der Waals surface area contributed by atoms with Crippen LogP contribution in [-0.2, 0) is 6.54 Å². The Morgan fingerprint density at radius 2 is 1.82 bits per heavy atom. The number of hydrazine groups is 2. The van der Waals surface area contributed by atoms with Crippen LogP contribution in [0.25, 0.3) is 11.4 Å². The van der Waals surface area contributed by atoms with Gasteiger partial charge in [-0.3, -0.25) is 4.98 Å². The van der Waals surface area contributed by atoms with Crippen LogP contribution in [-0.4, -0.2) is 26.8 Å². The van der Waals surface area contributed by atoms with Gasteiger partial charge in [-0.2, -0.15) is 18.7 Å². The summed E-state index contributed by atoms with van der Waals surface area (Å²) in [7, 11) is 0. The van der Waals surface area contributed by atoms with E-state index in [1.165, 1.54) is 11.8 Å². The van der Waals surface area contributed by atoms with Crippen molar-refractivity contribution in [2.24, 2.45) is 0 Å². The van der Waals surface area contributed by atoms with E-state index in [0.29, 0.717) is 23.5 Å². The third-order valence-corrected chi connectivity index (χ3v) is 4.67. The van der Waals surface area contributed by atoms with Gasteiger partial charge in [0, 0.05) is 18.9 Å².